The van der Waals surface area contributed by atoms with Crippen LogP contribution in [0, 0.1) is 5.92 Å². The molecule has 0 radical (unpaired) electrons. The van der Waals surface area contributed by atoms with Gasteiger partial charge in [-0.15, -0.1) is 0 Å². The smallest absolute Gasteiger partial charge is 0.320 e. The molecular formula is C34H50N4O3. The lowest BCUT2D eigenvalue weighted by Gasteiger charge is -2.49. The highest BCUT2D eigenvalue weighted by molar-refractivity contribution is 5.93. The van der Waals surface area contributed by atoms with E-state index in [1.807, 2.05) is 6.07 Å². The summed E-state index contributed by atoms with van der Waals surface area (Å²) in [6.07, 6.45) is 13.9. The largest absolute Gasteiger partial charge is 0.381 e. The van der Waals surface area contributed by atoms with Crippen LogP contribution in [0.5, 0.6) is 0 Å². The first-order valence-electron chi connectivity index (χ1n) is 16.4. The molecule has 3 amide bonds. The maximum absolute atomic E-state index is 13.8. The SMILES string of the molecule is CC(C)N1C(=O)N(CC2CCOCC2)CC12CC1CCC(C2)N1CC[C@H](NC(=O)C1=CCCCC1)c1ccccc1. The van der Waals surface area contributed by atoms with Crippen molar-refractivity contribution in [1.82, 2.24) is 20.0 Å². The lowest BCUT2D eigenvalue weighted by atomic mass is 9.81. The van der Waals surface area contributed by atoms with Gasteiger partial charge in [0.05, 0.1) is 11.6 Å². The van der Waals surface area contributed by atoms with Gasteiger partial charge < -0.3 is 19.9 Å². The number of nitrogens with zero attached hydrogens (tertiary/aromatic N) is 3. The van der Waals surface area contributed by atoms with Crippen LogP contribution in [0.3, 0.4) is 0 Å². The number of carbonyl (C=O) groups excluding carboxylic acids is 2. The summed E-state index contributed by atoms with van der Waals surface area (Å²) in [5.74, 6) is 0.670. The lowest BCUT2D eigenvalue weighted by Crippen LogP contribution is -2.60. The normalized spacial score (nSPS) is 29.8. The Bertz CT molecular complexity index is 1080. The quantitative estimate of drug-likeness (QED) is 0.421. The third kappa shape index (κ3) is 6.08. The molecule has 1 aromatic carbocycles. The van der Waals surface area contributed by atoms with E-state index in [1.54, 1.807) is 0 Å². The molecule has 1 aromatic rings. The molecule has 41 heavy (non-hydrogen) atoms. The Kier molecular flexibility index (Phi) is 8.73. The second-order valence-electron chi connectivity index (χ2n) is 13.6. The fourth-order valence-electron chi connectivity index (χ4n) is 8.69. The van der Waals surface area contributed by atoms with Crippen molar-refractivity contribution in [3.63, 3.8) is 0 Å². The summed E-state index contributed by atoms with van der Waals surface area (Å²) in [7, 11) is 0. The molecule has 0 aromatic heterocycles. The fraction of sp³-hybridized carbons (Fsp3) is 0.706. The van der Waals surface area contributed by atoms with Gasteiger partial charge in [-0.2, -0.15) is 0 Å². The number of amides is 3. The van der Waals surface area contributed by atoms with Gasteiger partial charge in [-0.3, -0.25) is 9.69 Å². The van der Waals surface area contributed by atoms with Crippen molar-refractivity contribution in [2.45, 2.75) is 114 Å². The van der Waals surface area contributed by atoms with Crippen molar-refractivity contribution < 1.29 is 14.3 Å². The van der Waals surface area contributed by atoms with E-state index in [1.165, 1.54) is 24.8 Å². The molecule has 4 fully saturated rings. The summed E-state index contributed by atoms with van der Waals surface area (Å²) < 4.78 is 5.58. The molecule has 224 valence electrons. The number of allylic oxidation sites excluding steroid dienone is 1. The summed E-state index contributed by atoms with van der Waals surface area (Å²) in [4.78, 5) is 34.2. The van der Waals surface area contributed by atoms with E-state index < -0.39 is 0 Å². The van der Waals surface area contributed by atoms with Crippen LogP contribution in [-0.2, 0) is 9.53 Å². The Morgan fingerprint density at radius 1 is 1.05 bits per heavy atom. The predicted molar refractivity (Wildman–Crippen MR) is 161 cm³/mol. The van der Waals surface area contributed by atoms with Crippen molar-refractivity contribution in [2.75, 3.05) is 32.8 Å². The van der Waals surface area contributed by atoms with Gasteiger partial charge in [0.2, 0.25) is 5.91 Å². The van der Waals surface area contributed by atoms with E-state index in [0.29, 0.717) is 18.0 Å². The Labute approximate surface area is 246 Å². The minimum Gasteiger partial charge on any atom is -0.381 e. The Hall–Kier alpha value is -2.38. The van der Waals surface area contributed by atoms with Crippen molar-refractivity contribution in [3.05, 3.63) is 47.5 Å². The van der Waals surface area contributed by atoms with Gasteiger partial charge in [-0.1, -0.05) is 36.4 Å². The second kappa shape index (κ2) is 12.5. The van der Waals surface area contributed by atoms with Crippen molar-refractivity contribution >= 4 is 11.9 Å². The second-order valence-corrected chi connectivity index (χ2v) is 13.6. The van der Waals surface area contributed by atoms with E-state index in [9.17, 15) is 9.59 Å². The zero-order valence-electron chi connectivity index (χ0n) is 25.2. The highest BCUT2D eigenvalue weighted by Gasteiger charge is 2.57. The standard InChI is InChI=1S/C34H50N4O3/c1-25(2)38-33(40)36(23-26-16-19-41-20-17-26)24-34(38)21-29-13-14-30(22-34)37(29)18-15-31(27-9-5-3-6-10-27)35-32(39)28-11-7-4-8-12-28/h3,5-6,9-11,25-26,29-31H,4,7-8,12-24H2,1-2H3,(H,35,39)/t29?,30?,31-,34?/m0/s1. The van der Waals surface area contributed by atoms with Crippen LogP contribution in [0.1, 0.15) is 96.1 Å². The van der Waals surface area contributed by atoms with E-state index in [-0.39, 0.29) is 29.6 Å². The topological polar surface area (TPSA) is 65.1 Å². The Balaban J connectivity index is 1.13. The molecular weight excluding hydrogens is 512 g/mol. The Morgan fingerprint density at radius 3 is 2.44 bits per heavy atom. The third-order valence-corrected chi connectivity index (χ3v) is 10.6. The Morgan fingerprint density at radius 2 is 1.78 bits per heavy atom. The number of ether oxygens (including phenoxy) is 1. The summed E-state index contributed by atoms with van der Waals surface area (Å²) in [5, 5.41) is 3.41. The molecule has 1 N–H and O–H groups in total. The summed E-state index contributed by atoms with van der Waals surface area (Å²) in [5.41, 5.74) is 2.09. The maximum Gasteiger partial charge on any atom is 0.320 e. The van der Waals surface area contributed by atoms with E-state index in [0.717, 1.165) is 89.8 Å². The maximum atomic E-state index is 13.8. The molecule has 4 saturated heterocycles. The number of urea groups is 1. The summed E-state index contributed by atoms with van der Waals surface area (Å²) in [6, 6.07) is 12.0. The summed E-state index contributed by atoms with van der Waals surface area (Å²) >= 11 is 0. The van der Waals surface area contributed by atoms with Gasteiger partial charge in [0.25, 0.3) is 0 Å². The van der Waals surface area contributed by atoms with Crippen LogP contribution in [0.2, 0.25) is 0 Å². The molecule has 2 bridgehead atoms. The molecule has 7 heteroatoms. The van der Waals surface area contributed by atoms with Crippen LogP contribution in [0.4, 0.5) is 4.79 Å². The molecule has 6 rings (SSSR count). The average molecular weight is 563 g/mol. The third-order valence-electron chi connectivity index (χ3n) is 10.6. The first-order chi connectivity index (χ1) is 19.9. The molecule has 1 aliphatic carbocycles. The minimum atomic E-state index is -0.0563. The van der Waals surface area contributed by atoms with Gasteiger partial charge in [-0.05, 0) is 96.0 Å². The molecule has 2 unspecified atom stereocenters. The zero-order chi connectivity index (χ0) is 28.4. The summed E-state index contributed by atoms with van der Waals surface area (Å²) in [6.45, 7) is 8.77. The van der Waals surface area contributed by atoms with Crippen molar-refractivity contribution in [1.29, 1.82) is 0 Å². The highest BCUT2D eigenvalue weighted by atomic mass is 16.5. The lowest BCUT2D eigenvalue weighted by molar-refractivity contribution is -0.118. The zero-order valence-corrected chi connectivity index (χ0v) is 25.2. The van der Waals surface area contributed by atoms with Crippen LogP contribution in [0.15, 0.2) is 42.0 Å². The van der Waals surface area contributed by atoms with Crippen LogP contribution in [-0.4, -0.2) is 83.2 Å². The average Bonchev–Trinajstić information content (AvgIpc) is 3.40. The number of nitrogens with one attached hydrogen (secondary N) is 1. The van der Waals surface area contributed by atoms with Gasteiger partial charge in [0, 0.05) is 56.5 Å². The van der Waals surface area contributed by atoms with Gasteiger partial charge in [0.1, 0.15) is 0 Å². The van der Waals surface area contributed by atoms with Crippen LogP contribution >= 0.6 is 0 Å². The minimum absolute atomic E-state index is 0.0111. The van der Waals surface area contributed by atoms with Crippen LogP contribution in [0.25, 0.3) is 0 Å². The van der Waals surface area contributed by atoms with E-state index in [4.69, 9.17) is 4.74 Å². The van der Waals surface area contributed by atoms with E-state index >= 15 is 0 Å². The number of benzene rings is 1. The first kappa shape index (κ1) is 28.7. The fourth-order valence-corrected chi connectivity index (χ4v) is 8.69. The van der Waals surface area contributed by atoms with E-state index in [2.05, 4.69) is 64.2 Å². The number of hydrogen-bond acceptors (Lipinski definition) is 4. The first-order valence-corrected chi connectivity index (χ1v) is 16.4. The number of piperidine rings is 1. The molecule has 5 aliphatic rings. The molecule has 1 spiro atoms. The number of hydrogen-bond donors (Lipinski definition) is 1. The predicted octanol–water partition coefficient (Wildman–Crippen LogP) is 5.67. The number of carbonyl (C=O) groups is 2. The van der Waals surface area contributed by atoms with Crippen molar-refractivity contribution in [2.24, 2.45) is 5.92 Å². The van der Waals surface area contributed by atoms with Crippen molar-refractivity contribution in [3.8, 4) is 0 Å². The van der Waals surface area contributed by atoms with Gasteiger partial charge >= 0.3 is 6.03 Å². The molecule has 4 aliphatic heterocycles. The number of fused-ring (bicyclic) bond motifs is 2. The monoisotopic (exact) mass is 562 g/mol. The molecule has 4 heterocycles. The van der Waals surface area contributed by atoms with Gasteiger partial charge in [-0.25, -0.2) is 4.79 Å². The molecule has 0 saturated carbocycles. The molecule has 7 nitrogen and oxygen atoms in total. The molecule has 3 atom stereocenters. The highest BCUT2D eigenvalue weighted by Crippen LogP contribution is 2.48. The van der Waals surface area contributed by atoms with Gasteiger partial charge in [0.15, 0.2) is 0 Å². The van der Waals surface area contributed by atoms with Crippen LogP contribution < -0.4 is 5.32 Å². The number of rotatable bonds is 9.